The first-order chi connectivity index (χ1) is 12.6. The Morgan fingerprint density at radius 2 is 1.52 bits per heavy atom. The van der Waals surface area contributed by atoms with Gasteiger partial charge in [0.2, 0.25) is 0 Å². The molecule has 3 rings (SSSR count). The second kappa shape index (κ2) is 8.65. The molecule has 0 amide bonds. The van der Waals surface area contributed by atoms with Gasteiger partial charge in [-0.05, 0) is 12.2 Å². The molecular formula is C12H22O12P2S. The molecule has 158 valence electrons. The van der Waals surface area contributed by atoms with Crippen LogP contribution in [0, 0.1) is 5.92 Å². The van der Waals surface area contributed by atoms with Crippen LogP contribution in [0.2, 0.25) is 0 Å². The smallest absolute Gasteiger partial charge is 0.388 e. The van der Waals surface area contributed by atoms with Crippen LogP contribution in [0.3, 0.4) is 0 Å². The molecule has 0 aromatic heterocycles. The summed E-state index contributed by atoms with van der Waals surface area (Å²) in [7, 11) is -9.29. The predicted molar refractivity (Wildman–Crippen MR) is 89.9 cm³/mol. The molecule has 3 aliphatic rings. The minimum atomic E-state index is -4.65. The van der Waals surface area contributed by atoms with Gasteiger partial charge in [-0.15, -0.1) is 0 Å². The fourth-order valence-corrected chi connectivity index (χ4v) is 5.46. The Hall–Kier alpha value is 0.410. The average Bonchev–Trinajstić information content (AvgIpc) is 3.05. The Kier molecular flexibility index (Phi) is 7.08. The highest BCUT2D eigenvalue weighted by Gasteiger charge is 2.50. The zero-order valence-electron chi connectivity index (χ0n) is 14.0. The van der Waals surface area contributed by atoms with Gasteiger partial charge < -0.3 is 29.5 Å². The molecule has 0 aromatic rings. The molecular weight excluding hydrogens is 430 g/mol. The zero-order valence-corrected chi connectivity index (χ0v) is 16.7. The number of thiol groups is 1. The molecule has 4 N–H and O–H groups in total. The van der Waals surface area contributed by atoms with Crippen molar-refractivity contribution in [1.29, 1.82) is 0 Å². The first-order valence-electron chi connectivity index (χ1n) is 8.17. The van der Waals surface area contributed by atoms with Gasteiger partial charge in [-0.2, -0.15) is 12.6 Å². The summed E-state index contributed by atoms with van der Waals surface area (Å²) in [6.45, 7) is -1.26. The lowest BCUT2D eigenvalue weighted by atomic mass is 9.96. The fraction of sp³-hybridized carbons (Fsp3) is 1.00. The van der Waals surface area contributed by atoms with E-state index in [-0.39, 0.29) is 6.61 Å². The van der Waals surface area contributed by atoms with E-state index >= 15 is 0 Å². The number of fused-ring (bicyclic) bond motifs is 3. The molecule has 3 aliphatic heterocycles. The van der Waals surface area contributed by atoms with Gasteiger partial charge in [0.1, 0.15) is 24.4 Å². The minimum Gasteiger partial charge on any atom is -0.388 e. The molecule has 0 radical (unpaired) electrons. The molecule has 2 bridgehead atoms. The van der Waals surface area contributed by atoms with E-state index in [2.05, 4.69) is 12.6 Å². The molecule has 3 heterocycles. The van der Waals surface area contributed by atoms with Crippen molar-refractivity contribution in [1.82, 2.24) is 0 Å². The summed E-state index contributed by atoms with van der Waals surface area (Å²) < 4.78 is 54.8. The summed E-state index contributed by atoms with van der Waals surface area (Å²) in [5.41, 5.74) is 0. The fourth-order valence-electron chi connectivity index (χ4n) is 3.22. The normalized spacial score (nSPS) is 51.8. The van der Waals surface area contributed by atoms with Crippen LogP contribution in [0.4, 0.5) is 0 Å². The number of rotatable bonds is 2. The lowest BCUT2D eigenvalue weighted by Gasteiger charge is -2.24. The lowest BCUT2D eigenvalue weighted by molar-refractivity contribution is -0.133. The Morgan fingerprint density at radius 3 is 2.15 bits per heavy atom. The van der Waals surface area contributed by atoms with Gasteiger partial charge in [-0.1, -0.05) is 0 Å². The monoisotopic (exact) mass is 452 g/mol. The Morgan fingerprint density at radius 1 is 0.926 bits per heavy atom. The van der Waals surface area contributed by atoms with Crippen molar-refractivity contribution in [2.75, 3.05) is 25.6 Å². The van der Waals surface area contributed by atoms with Gasteiger partial charge in [0.05, 0.1) is 25.9 Å². The Bertz CT molecular complexity index is 621. The third kappa shape index (κ3) is 5.32. The van der Waals surface area contributed by atoms with Crippen molar-refractivity contribution in [2.24, 2.45) is 5.92 Å². The van der Waals surface area contributed by atoms with Crippen LogP contribution in [0.15, 0.2) is 0 Å². The molecule has 3 fully saturated rings. The van der Waals surface area contributed by atoms with Crippen molar-refractivity contribution in [3.63, 3.8) is 0 Å². The lowest BCUT2D eigenvalue weighted by Crippen LogP contribution is -2.35. The van der Waals surface area contributed by atoms with Crippen molar-refractivity contribution in [2.45, 2.75) is 43.2 Å². The molecule has 27 heavy (non-hydrogen) atoms. The van der Waals surface area contributed by atoms with Gasteiger partial charge in [0, 0.05) is 5.92 Å². The topological polar surface area (TPSA) is 170 Å². The number of phosphoric acid groups is 2. The van der Waals surface area contributed by atoms with Crippen LogP contribution in [0.25, 0.3) is 0 Å². The SMILES string of the molecule is O=P1(O)OCC2OC(O)C(OP(=O)(O)OCC3OCC(O)C3O1)C2CCS. The summed E-state index contributed by atoms with van der Waals surface area (Å²) in [4.78, 5) is 19.9. The molecule has 3 saturated heterocycles. The summed E-state index contributed by atoms with van der Waals surface area (Å²) in [6, 6.07) is 0. The average molecular weight is 452 g/mol. The van der Waals surface area contributed by atoms with Gasteiger partial charge in [-0.3, -0.25) is 18.1 Å². The van der Waals surface area contributed by atoms with Crippen LogP contribution >= 0.6 is 28.3 Å². The standard InChI is InChI=1S/C12H22O12P2S/c13-7-3-19-9-5-21-25(15,16)23-10-6(1-2-27)8(22-12(10)14)4-20-26(17,18)24-11(7)9/h6-14,27H,1-5H2,(H,15,16)(H,17,18). The maximum Gasteiger partial charge on any atom is 0.472 e. The largest absolute Gasteiger partial charge is 0.472 e. The number of ether oxygens (including phenoxy) is 2. The molecule has 0 saturated carbocycles. The molecule has 9 atom stereocenters. The highest BCUT2D eigenvalue weighted by Crippen LogP contribution is 2.52. The number of aliphatic hydroxyl groups excluding tert-OH is 2. The maximum atomic E-state index is 12.3. The summed E-state index contributed by atoms with van der Waals surface area (Å²) in [6.07, 6.45) is -7.15. The van der Waals surface area contributed by atoms with Gasteiger partial charge in [0.15, 0.2) is 6.29 Å². The number of aliphatic hydroxyl groups is 2. The van der Waals surface area contributed by atoms with Gasteiger partial charge >= 0.3 is 15.6 Å². The third-order valence-corrected chi connectivity index (χ3v) is 6.73. The van der Waals surface area contributed by atoms with E-state index in [0.717, 1.165) is 0 Å². The minimum absolute atomic E-state index is 0.230. The molecule has 0 aromatic carbocycles. The second-order valence-electron chi connectivity index (χ2n) is 6.35. The third-order valence-electron chi connectivity index (χ3n) is 4.50. The predicted octanol–water partition coefficient (Wildman–Crippen LogP) is -0.583. The van der Waals surface area contributed by atoms with E-state index in [9.17, 15) is 29.1 Å². The van der Waals surface area contributed by atoms with Crippen molar-refractivity contribution in [3.8, 4) is 0 Å². The number of phosphoric ester groups is 2. The molecule has 15 heteroatoms. The van der Waals surface area contributed by atoms with Gasteiger partial charge in [-0.25, -0.2) is 9.13 Å². The molecule has 0 spiro atoms. The Labute approximate surface area is 160 Å². The van der Waals surface area contributed by atoms with Crippen molar-refractivity contribution < 1.29 is 56.7 Å². The van der Waals surface area contributed by atoms with Crippen molar-refractivity contribution in [3.05, 3.63) is 0 Å². The first kappa shape index (κ1) is 22.1. The van der Waals surface area contributed by atoms with E-state index < -0.39 is 71.6 Å². The highest BCUT2D eigenvalue weighted by atomic mass is 32.1. The van der Waals surface area contributed by atoms with E-state index in [1.807, 2.05) is 0 Å². The zero-order chi connectivity index (χ0) is 19.8. The summed E-state index contributed by atoms with van der Waals surface area (Å²) >= 11 is 4.10. The van der Waals surface area contributed by atoms with E-state index in [1.165, 1.54) is 0 Å². The summed E-state index contributed by atoms with van der Waals surface area (Å²) in [5.74, 6) is -0.339. The van der Waals surface area contributed by atoms with Crippen LogP contribution in [0.5, 0.6) is 0 Å². The van der Waals surface area contributed by atoms with Crippen molar-refractivity contribution >= 4 is 28.3 Å². The second-order valence-corrected chi connectivity index (χ2v) is 9.61. The van der Waals surface area contributed by atoms with Crippen LogP contribution < -0.4 is 0 Å². The van der Waals surface area contributed by atoms with E-state index in [1.54, 1.807) is 0 Å². The first-order valence-corrected chi connectivity index (χ1v) is 11.8. The number of hydrogen-bond donors (Lipinski definition) is 5. The molecule has 12 nitrogen and oxygen atoms in total. The van der Waals surface area contributed by atoms with Crippen LogP contribution in [-0.4, -0.2) is 82.4 Å². The van der Waals surface area contributed by atoms with Gasteiger partial charge in [0.25, 0.3) is 0 Å². The Balaban J connectivity index is 1.86. The quantitative estimate of drug-likeness (QED) is 0.267. The maximum absolute atomic E-state index is 12.3. The van der Waals surface area contributed by atoms with E-state index in [4.69, 9.17) is 27.6 Å². The molecule has 0 aliphatic carbocycles. The molecule has 9 unspecified atom stereocenters. The van der Waals surface area contributed by atoms with E-state index in [0.29, 0.717) is 12.2 Å². The number of hydrogen-bond acceptors (Lipinski definition) is 11. The summed E-state index contributed by atoms with van der Waals surface area (Å²) in [5, 5.41) is 19.9. The van der Waals surface area contributed by atoms with Crippen LogP contribution in [-0.2, 0) is 36.7 Å². The van der Waals surface area contributed by atoms with Crippen LogP contribution in [0.1, 0.15) is 6.42 Å². The highest BCUT2D eigenvalue weighted by molar-refractivity contribution is 7.80.